The number of hydrogen-bond acceptors (Lipinski definition) is 6. The second kappa shape index (κ2) is 5.41. The van der Waals surface area contributed by atoms with Gasteiger partial charge in [-0.05, 0) is 12.1 Å². The summed E-state index contributed by atoms with van der Waals surface area (Å²) in [4.78, 5) is 34.3. The summed E-state index contributed by atoms with van der Waals surface area (Å²) in [6.07, 6.45) is 3.43. The molecule has 8 heteroatoms. The molecule has 0 unspecified atom stereocenters. The van der Waals surface area contributed by atoms with Crippen molar-refractivity contribution in [2.45, 2.75) is 6.54 Å². The number of nitrogens with zero attached hydrogens (tertiary/aromatic N) is 6. The summed E-state index contributed by atoms with van der Waals surface area (Å²) >= 11 is 0. The Balaban J connectivity index is 1.67. The molecule has 120 valence electrons. The van der Waals surface area contributed by atoms with Crippen LogP contribution < -0.4 is 10.5 Å². The highest BCUT2D eigenvalue weighted by atomic mass is 16.1. The van der Waals surface area contributed by atoms with Crippen LogP contribution in [-0.2, 0) is 13.6 Å². The lowest BCUT2D eigenvalue weighted by atomic mass is 10.2. The summed E-state index contributed by atoms with van der Waals surface area (Å²) in [6, 6.07) is 7.26. The number of imidazole rings is 1. The third-order valence-electron chi connectivity index (χ3n) is 3.86. The predicted molar refractivity (Wildman–Crippen MR) is 90.8 cm³/mol. The molecule has 4 aromatic rings. The Bertz CT molecular complexity index is 1100. The summed E-state index contributed by atoms with van der Waals surface area (Å²) in [5.41, 5.74) is 2.02. The summed E-state index contributed by atoms with van der Waals surface area (Å²) in [7, 11) is 3.74. The second-order valence-electron chi connectivity index (χ2n) is 5.62. The molecule has 24 heavy (non-hydrogen) atoms. The van der Waals surface area contributed by atoms with Crippen LogP contribution in [0.1, 0.15) is 5.82 Å². The molecule has 0 bridgehead atoms. The molecule has 8 nitrogen and oxygen atoms in total. The lowest BCUT2D eigenvalue weighted by Crippen LogP contribution is -2.23. The Morgan fingerprint density at radius 1 is 1.21 bits per heavy atom. The minimum Gasteiger partial charge on any atom is -0.336 e. The largest absolute Gasteiger partial charge is 0.336 e. The van der Waals surface area contributed by atoms with E-state index in [9.17, 15) is 4.79 Å². The van der Waals surface area contributed by atoms with Crippen LogP contribution in [-0.4, -0.2) is 36.5 Å². The van der Waals surface area contributed by atoms with E-state index in [0.717, 1.165) is 5.52 Å². The van der Waals surface area contributed by atoms with Gasteiger partial charge in [-0.1, -0.05) is 12.1 Å². The Morgan fingerprint density at radius 2 is 2.04 bits per heavy atom. The predicted octanol–water partition coefficient (Wildman–Crippen LogP) is 1.24. The van der Waals surface area contributed by atoms with Crippen LogP contribution in [0.2, 0.25) is 0 Å². The van der Waals surface area contributed by atoms with E-state index in [1.54, 1.807) is 18.6 Å². The zero-order chi connectivity index (χ0) is 16.7. The number of nitrogens with one attached hydrogen (secondary N) is 1. The van der Waals surface area contributed by atoms with E-state index >= 15 is 0 Å². The lowest BCUT2D eigenvalue weighted by molar-refractivity contribution is 0.811. The highest BCUT2D eigenvalue weighted by Crippen LogP contribution is 2.14. The van der Waals surface area contributed by atoms with Gasteiger partial charge < -0.3 is 14.5 Å². The number of aryl methyl sites for hydroxylation is 1. The highest BCUT2D eigenvalue weighted by Gasteiger charge is 2.11. The van der Waals surface area contributed by atoms with Gasteiger partial charge in [-0.15, -0.1) is 0 Å². The third-order valence-corrected chi connectivity index (χ3v) is 3.86. The molecular formula is C16H15N7O. The molecule has 0 aliphatic rings. The van der Waals surface area contributed by atoms with E-state index in [2.05, 4.69) is 24.9 Å². The minimum atomic E-state index is -0.148. The molecule has 0 fully saturated rings. The third kappa shape index (κ3) is 2.37. The van der Waals surface area contributed by atoms with Crippen molar-refractivity contribution in [3.05, 3.63) is 53.0 Å². The minimum absolute atomic E-state index is 0.148. The van der Waals surface area contributed by atoms with Gasteiger partial charge in [0.1, 0.15) is 11.3 Å². The van der Waals surface area contributed by atoms with Gasteiger partial charge in [0.25, 0.3) is 5.56 Å². The average molecular weight is 321 g/mol. The monoisotopic (exact) mass is 321 g/mol. The van der Waals surface area contributed by atoms with E-state index in [1.807, 2.05) is 41.8 Å². The molecule has 1 aromatic carbocycles. The van der Waals surface area contributed by atoms with Gasteiger partial charge in [-0.2, -0.15) is 4.98 Å². The van der Waals surface area contributed by atoms with Crippen molar-refractivity contribution >= 4 is 28.0 Å². The molecule has 0 aliphatic heterocycles. The topological polar surface area (TPSA) is 92.6 Å². The van der Waals surface area contributed by atoms with Crippen molar-refractivity contribution in [3.8, 4) is 0 Å². The van der Waals surface area contributed by atoms with Crippen LogP contribution >= 0.6 is 0 Å². The maximum Gasteiger partial charge on any atom is 0.258 e. The van der Waals surface area contributed by atoms with Crippen LogP contribution in [0.25, 0.3) is 22.1 Å². The van der Waals surface area contributed by atoms with Crippen LogP contribution in [0.15, 0.2) is 41.6 Å². The fraction of sp³-hybridized carbons (Fsp3) is 0.188. The van der Waals surface area contributed by atoms with Gasteiger partial charge in [-0.3, -0.25) is 4.79 Å². The number of para-hydroxylation sites is 1. The summed E-state index contributed by atoms with van der Waals surface area (Å²) in [5.74, 6) is 1.09. The standard InChI is InChI=1S/C16H15N7O/c1-22(16-17-7-12-14(21-16)18-9-23(12)2)8-13-19-11-6-4-3-5-10(11)15(24)20-13/h3-7,9H,8H2,1-2H3,(H,19,20,24). The maximum atomic E-state index is 12.1. The number of aromatic nitrogens is 6. The van der Waals surface area contributed by atoms with E-state index < -0.39 is 0 Å². The van der Waals surface area contributed by atoms with E-state index in [4.69, 9.17) is 0 Å². The molecule has 0 aliphatic carbocycles. The molecule has 0 radical (unpaired) electrons. The SMILES string of the molecule is CN(Cc1nc2ccccc2c(=O)[nH]1)c1ncc2c(ncn2C)n1. The van der Waals surface area contributed by atoms with Gasteiger partial charge in [-0.25, -0.2) is 15.0 Å². The molecule has 3 heterocycles. The number of H-pyrrole nitrogens is 1. The van der Waals surface area contributed by atoms with Crippen molar-refractivity contribution in [1.29, 1.82) is 0 Å². The first-order valence-corrected chi connectivity index (χ1v) is 7.45. The smallest absolute Gasteiger partial charge is 0.258 e. The van der Waals surface area contributed by atoms with Gasteiger partial charge in [0.05, 0.1) is 30.0 Å². The van der Waals surface area contributed by atoms with Gasteiger partial charge in [0.2, 0.25) is 5.95 Å². The summed E-state index contributed by atoms with van der Waals surface area (Å²) in [5, 5.41) is 0.579. The molecule has 0 amide bonds. The van der Waals surface area contributed by atoms with Crippen molar-refractivity contribution in [2.75, 3.05) is 11.9 Å². The molecule has 0 saturated carbocycles. The van der Waals surface area contributed by atoms with Crippen molar-refractivity contribution in [3.63, 3.8) is 0 Å². The fourth-order valence-electron chi connectivity index (χ4n) is 2.59. The highest BCUT2D eigenvalue weighted by molar-refractivity contribution is 5.77. The summed E-state index contributed by atoms with van der Waals surface area (Å²) in [6.45, 7) is 0.387. The Morgan fingerprint density at radius 3 is 2.92 bits per heavy atom. The number of benzene rings is 1. The fourth-order valence-corrected chi connectivity index (χ4v) is 2.59. The van der Waals surface area contributed by atoms with Crippen LogP contribution in [0, 0.1) is 0 Å². The molecule has 0 saturated heterocycles. The Labute approximate surface area is 136 Å². The van der Waals surface area contributed by atoms with Crippen molar-refractivity contribution in [1.82, 2.24) is 29.5 Å². The Hall–Kier alpha value is -3.29. The van der Waals surface area contributed by atoms with Crippen LogP contribution in [0.4, 0.5) is 5.95 Å². The Kier molecular flexibility index (Phi) is 3.23. The molecule has 3 aromatic heterocycles. The number of hydrogen-bond donors (Lipinski definition) is 1. The van der Waals surface area contributed by atoms with Gasteiger partial charge in [0, 0.05) is 14.1 Å². The molecule has 4 rings (SSSR count). The number of rotatable bonds is 3. The first-order valence-electron chi connectivity index (χ1n) is 7.45. The molecule has 0 spiro atoms. The van der Waals surface area contributed by atoms with Crippen LogP contribution in [0.3, 0.4) is 0 Å². The van der Waals surface area contributed by atoms with Crippen LogP contribution in [0.5, 0.6) is 0 Å². The number of fused-ring (bicyclic) bond motifs is 2. The zero-order valence-corrected chi connectivity index (χ0v) is 13.3. The number of anilines is 1. The van der Waals surface area contributed by atoms with E-state index in [-0.39, 0.29) is 5.56 Å². The molecule has 1 N–H and O–H groups in total. The zero-order valence-electron chi connectivity index (χ0n) is 13.3. The van der Waals surface area contributed by atoms with Crippen molar-refractivity contribution < 1.29 is 0 Å². The normalized spacial score (nSPS) is 11.2. The molecule has 0 atom stereocenters. The average Bonchev–Trinajstić information content (AvgIpc) is 2.95. The maximum absolute atomic E-state index is 12.1. The second-order valence-corrected chi connectivity index (χ2v) is 5.62. The van der Waals surface area contributed by atoms with E-state index in [1.165, 1.54) is 0 Å². The van der Waals surface area contributed by atoms with Gasteiger partial charge in [0.15, 0.2) is 5.65 Å². The number of aromatic amines is 1. The lowest BCUT2D eigenvalue weighted by Gasteiger charge is -2.16. The quantitative estimate of drug-likeness (QED) is 0.610. The summed E-state index contributed by atoms with van der Waals surface area (Å²) < 4.78 is 1.86. The molecular weight excluding hydrogens is 306 g/mol. The van der Waals surface area contributed by atoms with Gasteiger partial charge >= 0.3 is 0 Å². The first kappa shape index (κ1) is 14.3. The van der Waals surface area contributed by atoms with E-state index in [0.29, 0.717) is 34.9 Å². The first-order chi connectivity index (χ1) is 11.6. The van der Waals surface area contributed by atoms with Crippen molar-refractivity contribution in [2.24, 2.45) is 7.05 Å².